The normalized spacial score (nSPS) is 14.8. The fourth-order valence-corrected chi connectivity index (χ4v) is 5.40. The Hall–Kier alpha value is -3.97. The molecule has 0 aliphatic carbocycles. The van der Waals surface area contributed by atoms with Crippen LogP contribution in [0.2, 0.25) is 5.02 Å². The number of sulfonamides is 1. The maximum Gasteiger partial charge on any atom is 0.232 e. The minimum atomic E-state index is -3.70. The molecular weight excluding hydrogens is 560 g/mol. The zero-order valence-electron chi connectivity index (χ0n) is 22.7. The van der Waals surface area contributed by atoms with Crippen LogP contribution in [-0.2, 0) is 14.8 Å². The van der Waals surface area contributed by atoms with Crippen molar-refractivity contribution < 1.29 is 27.4 Å². The molecule has 1 aromatic heterocycles. The fraction of sp³-hybridized carbons (Fsp3) is 0.346. The van der Waals surface area contributed by atoms with E-state index in [1.807, 2.05) is 13.0 Å². The minimum absolute atomic E-state index is 0.0914. The van der Waals surface area contributed by atoms with Crippen LogP contribution < -0.4 is 34.5 Å². The summed E-state index contributed by atoms with van der Waals surface area (Å²) >= 11 is 6.44. The van der Waals surface area contributed by atoms with Crippen molar-refractivity contribution in [1.82, 2.24) is 15.3 Å². The molecule has 0 saturated carbocycles. The number of nitrogens with zero attached hydrogens (tertiary/aromatic N) is 3. The van der Waals surface area contributed by atoms with Crippen molar-refractivity contribution in [3.8, 4) is 17.2 Å². The highest BCUT2D eigenvalue weighted by atomic mass is 35.5. The van der Waals surface area contributed by atoms with Crippen molar-refractivity contribution in [3.63, 3.8) is 0 Å². The number of anilines is 5. The van der Waals surface area contributed by atoms with Crippen LogP contribution in [-0.4, -0.2) is 64.5 Å². The Bertz CT molecular complexity index is 1490. The van der Waals surface area contributed by atoms with Gasteiger partial charge in [0.2, 0.25) is 27.6 Å². The summed E-state index contributed by atoms with van der Waals surface area (Å²) in [7, 11) is 0.844. The molecule has 1 atom stereocenters. The van der Waals surface area contributed by atoms with Crippen LogP contribution in [0, 0.1) is 6.92 Å². The first-order valence-electron chi connectivity index (χ1n) is 12.3. The van der Waals surface area contributed by atoms with Gasteiger partial charge in [-0.3, -0.25) is 9.10 Å². The highest BCUT2D eigenvalue weighted by Crippen LogP contribution is 2.41. The SMILES string of the molecule is COc1cc(Nc2ncc(Cl)c(Nc3ccc(C)cc3N(C[C@@H]3CCC(=O)N3)S(C)(=O)=O)n2)cc(OC)c1OC. The van der Waals surface area contributed by atoms with E-state index in [9.17, 15) is 13.2 Å². The van der Waals surface area contributed by atoms with E-state index >= 15 is 0 Å². The van der Waals surface area contributed by atoms with E-state index in [1.54, 1.807) is 24.3 Å². The van der Waals surface area contributed by atoms with Gasteiger partial charge in [-0.05, 0) is 31.0 Å². The first-order chi connectivity index (χ1) is 19.0. The van der Waals surface area contributed by atoms with Crippen LogP contribution in [0.3, 0.4) is 0 Å². The lowest BCUT2D eigenvalue weighted by Crippen LogP contribution is -2.41. The molecule has 40 heavy (non-hydrogen) atoms. The maximum absolute atomic E-state index is 12.9. The van der Waals surface area contributed by atoms with Crippen molar-refractivity contribution in [2.45, 2.75) is 25.8 Å². The second kappa shape index (κ2) is 12.0. The number of rotatable bonds is 11. The number of carbonyl (C=O) groups is 1. The van der Waals surface area contributed by atoms with Crippen molar-refractivity contribution >= 4 is 56.4 Å². The molecule has 2 heterocycles. The second-order valence-electron chi connectivity index (χ2n) is 9.17. The van der Waals surface area contributed by atoms with Gasteiger partial charge in [0.15, 0.2) is 17.3 Å². The molecule has 3 N–H and O–H groups in total. The molecule has 14 heteroatoms. The van der Waals surface area contributed by atoms with Crippen molar-refractivity contribution in [2.24, 2.45) is 0 Å². The predicted molar refractivity (Wildman–Crippen MR) is 154 cm³/mol. The highest BCUT2D eigenvalue weighted by Gasteiger charge is 2.29. The van der Waals surface area contributed by atoms with Gasteiger partial charge in [-0.2, -0.15) is 4.98 Å². The zero-order chi connectivity index (χ0) is 29.0. The van der Waals surface area contributed by atoms with Crippen LogP contribution in [0.1, 0.15) is 18.4 Å². The number of methoxy groups -OCH3 is 3. The predicted octanol–water partition coefficient (Wildman–Crippen LogP) is 4.00. The van der Waals surface area contributed by atoms with Gasteiger partial charge in [0.1, 0.15) is 5.02 Å². The molecule has 1 amide bonds. The zero-order valence-corrected chi connectivity index (χ0v) is 24.3. The van der Waals surface area contributed by atoms with E-state index in [0.717, 1.165) is 11.8 Å². The van der Waals surface area contributed by atoms with Gasteiger partial charge >= 0.3 is 0 Å². The average Bonchev–Trinajstić information content (AvgIpc) is 3.33. The van der Waals surface area contributed by atoms with E-state index in [0.29, 0.717) is 47.2 Å². The number of nitrogens with one attached hydrogen (secondary N) is 3. The van der Waals surface area contributed by atoms with Gasteiger partial charge in [0, 0.05) is 30.3 Å². The third kappa shape index (κ3) is 6.59. The summed E-state index contributed by atoms with van der Waals surface area (Å²) in [6.07, 6.45) is 3.47. The molecular formula is C26H31ClN6O6S. The number of aryl methyl sites for hydroxylation is 1. The van der Waals surface area contributed by atoms with Crippen LogP contribution >= 0.6 is 11.6 Å². The second-order valence-corrected chi connectivity index (χ2v) is 11.5. The number of ether oxygens (including phenoxy) is 3. The lowest BCUT2D eigenvalue weighted by molar-refractivity contribution is -0.119. The van der Waals surface area contributed by atoms with Gasteiger partial charge in [-0.25, -0.2) is 13.4 Å². The third-order valence-electron chi connectivity index (χ3n) is 6.21. The molecule has 0 bridgehead atoms. The van der Waals surface area contributed by atoms with E-state index < -0.39 is 10.0 Å². The number of benzene rings is 2. The van der Waals surface area contributed by atoms with Crippen LogP contribution in [0.25, 0.3) is 0 Å². The Kier molecular flexibility index (Phi) is 8.74. The summed E-state index contributed by atoms with van der Waals surface area (Å²) in [6, 6.07) is 8.46. The number of amides is 1. The number of hydrogen-bond acceptors (Lipinski definition) is 10. The summed E-state index contributed by atoms with van der Waals surface area (Å²) < 4.78 is 43.2. The van der Waals surface area contributed by atoms with E-state index in [1.165, 1.54) is 31.8 Å². The van der Waals surface area contributed by atoms with Gasteiger partial charge < -0.3 is 30.2 Å². The van der Waals surface area contributed by atoms with Crippen molar-refractivity contribution in [1.29, 1.82) is 0 Å². The van der Waals surface area contributed by atoms with Crippen molar-refractivity contribution in [2.75, 3.05) is 49.1 Å². The molecule has 0 unspecified atom stereocenters. The van der Waals surface area contributed by atoms with Crippen molar-refractivity contribution in [3.05, 3.63) is 47.1 Å². The lowest BCUT2D eigenvalue weighted by Gasteiger charge is -2.28. The Morgan fingerprint density at radius 1 is 1.10 bits per heavy atom. The molecule has 4 rings (SSSR count). The monoisotopic (exact) mass is 590 g/mol. The van der Waals surface area contributed by atoms with Gasteiger partial charge in [-0.1, -0.05) is 17.7 Å². The Morgan fingerprint density at radius 3 is 2.38 bits per heavy atom. The molecule has 1 saturated heterocycles. The standard InChI is InChI=1S/C26H31ClN6O6S/c1-15-6-8-19(20(10-15)33(40(5,35)36)14-16-7-9-23(34)29-16)31-25-18(27)13-28-26(32-25)30-17-11-21(37-2)24(39-4)22(12-17)38-3/h6,8,10-13,16H,7,9,14H2,1-5H3,(H,29,34)(H2,28,30,31,32)/t16-/m0/s1. The molecule has 0 spiro atoms. The molecule has 2 aromatic carbocycles. The Morgan fingerprint density at radius 2 is 1.80 bits per heavy atom. The molecule has 1 aliphatic rings. The smallest absolute Gasteiger partial charge is 0.232 e. The van der Waals surface area contributed by atoms with Crippen LogP contribution in [0.15, 0.2) is 36.5 Å². The van der Waals surface area contributed by atoms with Gasteiger partial charge in [0.25, 0.3) is 0 Å². The average molecular weight is 591 g/mol. The van der Waals surface area contributed by atoms with E-state index in [4.69, 9.17) is 25.8 Å². The molecule has 3 aromatic rings. The molecule has 0 radical (unpaired) electrons. The number of carbonyl (C=O) groups excluding carboxylic acids is 1. The number of halogens is 1. The molecule has 12 nitrogen and oxygen atoms in total. The summed E-state index contributed by atoms with van der Waals surface area (Å²) in [6.45, 7) is 1.95. The third-order valence-corrected chi connectivity index (χ3v) is 7.63. The summed E-state index contributed by atoms with van der Waals surface area (Å²) in [5, 5.41) is 9.31. The summed E-state index contributed by atoms with van der Waals surface area (Å²) in [4.78, 5) is 20.5. The lowest BCUT2D eigenvalue weighted by atomic mass is 10.1. The van der Waals surface area contributed by atoms with Gasteiger partial charge in [-0.15, -0.1) is 0 Å². The first-order valence-corrected chi connectivity index (χ1v) is 14.5. The molecule has 1 fully saturated rings. The Labute approximate surface area is 238 Å². The quantitative estimate of drug-likeness (QED) is 0.300. The largest absolute Gasteiger partial charge is 0.493 e. The van der Waals surface area contributed by atoms with E-state index in [-0.39, 0.29) is 35.3 Å². The minimum Gasteiger partial charge on any atom is -0.493 e. The Balaban J connectivity index is 1.67. The maximum atomic E-state index is 12.9. The van der Waals surface area contributed by atoms with Crippen LogP contribution in [0.4, 0.5) is 28.8 Å². The fourth-order valence-electron chi connectivity index (χ4n) is 4.31. The first kappa shape index (κ1) is 29.0. The number of hydrogen-bond donors (Lipinski definition) is 3. The molecule has 214 valence electrons. The van der Waals surface area contributed by atoms with Gasteiger partial charge in [0.05, 0.1) is 51.7 Å². The summed E-state index contributed by atoms with van der Waals surface area (Å²) in [5.74, 6) is 1.69. The topological polar surface area (TPSA) is 144 Å². The molecule has 1 aliphatic heterocycles. The number of aromatic nitrogens is 2. The van der Waals surface area contributed by atoms with E-state index in [2.05, 4.69) is 25.9 Å². The highest BCUT2D eigenvalue weighted by molar-refractivity contribution is 7.92. The summed E-state index contributed by atoms with van der Waals surface area (Å²) in [5.41, 5.74) is 2.28. The van der Waals surface area contributed by atoms with Crippen LogP contribution in [0.5, 0.6) is 17.2 Å².